The largest absolute Gasteiger partial charge is 0.481 e. The number of aromatic nitrogens is 1. The number of hydrogen-bond donors (Lipinski definition) is 2. The first kappa shape index (κ1) is 21.8. The summed E-state index contributed by atoms with van der Waals surface area (Å²) in [7, 11) is 0. The van der Waals surface area contributed by atoms with Crippen molar-refractivity contribution in [3.8, 4) is 11.1 Å². The fourth-order valence-electron chi connectivity index (χ4n) is 4.57. The summed E-state index contributed by atoms with van der Waals surface area (Å²) in [6.45, 7) is 0. The van der Waals surface area contributed by atoms with Crippen molar-refractivity contribution in [3.63, 3.8) is 0 Å². The van der Waals surface area contributed by atoms with Gasteiger partial charge in [-0.25, -0.2) is 8.78 Å². The second-order valence-corrected chi connectivity index (χ2v) is 8.32. The summed E-state index contributed by atoms with van der Waals surface area (Å²) in [6, 6.07) is 15.8. The Kier molecular flexibility index (Phi) is 5.57. The van der Waals surface area contributed by atoms with Gasteiger partial charge in [0.15, 0.2) is 17.2 Å². The van der Waals surface area contributed by atoms with Gasteiger partial charge in [0.05, 0.1) is 17.2 Å². The third-order valence-corrected chi connectivity index (χ3v) is 6.24. The van der Waals surface area contributed by atoms with E-state index in [0.29, 0.717) is 35.9 Å². The predicted molar refractivity (Wildman–Crippen MR) is 122 cm³/mol. The molecule has 2 N–H and O–H groups in total. The molecule has 3 aromatic carbocycles. The number of nitrogens with one attached hydrogen (secondary N) is 1. The third kappa shape index (κ3) is 3.91. The molecule has 1 aromatic heterocycles. The Morgan fingerprint density at radius 3 is 2.53 bits per heavy atom. The van der Waals surface area contributed by atoms with Gasteiger partial charge in [0.2, 0.25) is 0 Å². The molecule has 0 aliphatic heterocycles. The van der Waals surface area contributed by atoms with Gasteiger partial charge in [0.1, 0.15) is 11.3 Å². The van der Waals surface area contributed by atoms with E-state index in [0.717, 1.165) is 0 Å². The maximum absolute atomic E-state index is 15.9. The van der Waals surface area contributed by atoms with Crippen molar-refractivity contribution in [2.75, 3.05) is 5.32 Å². The molecule has 0 saturated heterocycles. The molecule has 34 heavy (non-hydrogen) atoms. The first-order chi connectivity index (χ1) is 16.4. The number of anilines is 2. The number of carboxylic acid groups (broad SMARTS) is 1. The van der Waals surface area contributed by atoms with E-state index in [2.05, 4.69) is 10.3 Å². The van der Waals surface area contributed by atoms with Crippen molar-refractivity contribution in [2.45, 2.75) is 19.3 Å². The SMILES string of the molecule is O=C(O)[C@@H]1CCC[C@H]1C(=O)c1ccc(-c2ccccc2)c(Nc2nc3ccc(F)cc3o2)c1F. The van der Waals surface area contributed by atoms with E-state index in [9.17, 15) is 19.1 Å². The van der Waals surface area contributed by atoms with Crippen LogP contribution in [0.5, 0.6) is 0 Å². The second kappa shape index (κ2) is 8.70. The molecule has 0 unspecified atom stereocenters. The Morgan fingerprint density at radius 1 is 1.00 bits per heavy atom. The smallest absolute Gasteiger partial charge is 0.307 e. The Morgan fingerprint density at radius 2 is 1.76 bits per heavy atom. The molecule has 0 spiro atoms. The predicted octanol–water partition coefficient (Wildman–Crippen LogP) is 6.20. The zero-order chi connectivity index (χ0) is 23.8. The highest BCUT2D eigenvalue weighted by Gasteiger charge is 2.39. The Bertz CT molecular complexity index is 1400. The first-order valence-electron chi connectivity index (χ1n) is 10.9. The number of nitrogens with zero attached hydrogens (tertiary/aromatic N) is 1. The molecule has 0 radical (unpaired) electrons. The number of oxazole rings is 1. The molecule has 172 valence electrons. The van der Waals surface area contributed by atoms with E-state index in [1.54, 1.807) is 30.3 Å². The van der Waals surface area contributed by atoms with Crippen LogP contribution in [0, 0.1) is 23.5 Å². The van der Waals surface area contributed by atoms with E-state index in [1.807, 2.05) is 6.07 Å². The van der Waals surface area contributed by atoms with Crippen LogP contribution in [0.15, 0.2) is 65.1 Å². The molecule has 1 saturated carbocycles. The number of ketones is 1. The van der Waals surface area contributed by atoms with Gasteiger partial charge in [-0.1, -0.05) is 42.8 Å². The monoisotopic (exact) mass is 462 g/mol. The van der Waals surface area contributed by atoms with Gasteiger partial charge in [-0.15, -0.1) is 0 Å². The van der Waals surface area contributed by atoms with Crippen LogP contribution in [-0.4, -0.2) is 21.8 Å². The molecular weight excluding hydrogens is 442 g/mol. The van der Waals surface area contributed by atoms with Gasteiger partial charge in [-0.05, 0) is 36.6 Å². The van der Waals surface area contributed by atoms with E-state index >= 15 is 4.39 Å². The first-order valence-corrected chi connectivity index (χ1v) is 10.9. The molecule has 5 rings (SSSR count). The van der Waals surface area contributed by atoms with Crippen molar-refractivity contribution in [1.29, 1.82) is 0 Å². The van der Waals surface area contributed by atoms with Crippen LogP contribution in [0.4, 0.5) is 20.5 Å². The summed E-state index contributed by atoms with van der Waals surface area (Å²) >= 11 is 0. The Balaban J connectivity index is 1.59. The van der Waals surface area contributed by atoms with Crippen LogP contribution in [-0.2, 0) is 4.79 Å². The average molecular weight is 462 g/mol. The maximum atomic E-state index is 15.9. The van der Waals surface area contributed by atoms with Gasteiger partial charge in [-0.3, -0.25) is 9.59 Å². The van der Waals surface area contributed by atoms with Crippen LogP contribution in [0.1, 0.15) is 29.6 Å². The molecule has 2 atom stereocenters. The fraction of sp³-hybridized carbons (Fsp3) is 0.192. The number of carbonyl (C=O) groups excluding carboxylic acids is 1. The maximum Gasteiger partial charge on any atom is 0.307 e. The van der Waals surface area contributed by atoms with Crippen LogP contribution in [0.2, 0.25) is 0 Å². The summed E-state index contributed by atoms with van der Waals surface area (Å²) in [5, 5.41) is 12.3. The summed E-state index contributed by atoms with van der Waals surface area (Å²) < 4.78 is 35.0. The fourth-order valence-corrected chi connectivity index (χ4v) is 4.57. The van der Waals surface area contributed by atoms with Gasteiger partial charge in [0.25, 0.3) is 6.01 Å². The number of halogens is 2. The minimum Gasteiger partial charge on any atom is -0.481 e. The molecule has 4 aromatic rings. The van der Waals surface area contributed by atoms with E-state index in [1.165, 1.54) is 24.3 Å². The van der Waals surface area contributed by atoms with Gasteiger partial charge in [-0.2, -0.15) is 4.98 Å². The second-order valence-electron chi connectivity index (χ2n) is 8.32. The minimum atomic E-state index is -1.05. The quantitative estimate of drug-likeness (QED) is 0.332. The van der Waals surface area contributed by atoms with Crippen LogP contribution in [0.3, 0.4) is 0 Å². The number of Topliss-reactive ketones (excluding diaryl/α,β-unsaturated/α-hetero) is 1. The van der Waals surface area contributed by atoms with Crippen molar-refractivity contribution in [1.82, 2.24) is 4.98 Å². The molecule has 1 fully saturated rings. The molecule has 1 aliphatic carbocycles. The molecule has 8 heteroatoms. The average Bonchev–Trinajstić information content (AvgIpc) is 3.47. The van der Waals surface area contributed by atoms with Crippen LogP contribution < -0.4 is 5.32 Å². The van der Waals surface area contributed by atoms with Crippen molar-refractivity contribution in [3.05, 3.63) is 77.9 Å². The normalized spacial score (nSPS) is 17.7. The van der Waals surface area contributed by atoms with Crippen molar-refractivity contribution < 1.29 is 27.9 Å². The Hall–Kier alpha value is -4.07. The lowest BCUT2D eigenvalue weighted by atomic mass is 9.87. The summed E-state index contributed by atoms with van der Waals surface area (Å²) in [5.74, 6) is -4.52. The number of aliphatic carboxylic acids is 1. The molecule has 1 aliphatic rings. The van der Waals surface area contributed by atoms with Gasteiger partial charge in [0, 0.05) is 17.5 Å². The van der Waals surface area contributed by atoms with Gasteiger partial charge < -0.3 is 14.8 Å². The summed E-state index contributed by atoms with van der Waals surface area (Å²) in [4.78, 5) is 29.0. The lowest BCUT2D eigenvalue weighted by Gasteiger charge is -2.18. The highest BCUT2D eigenvalue weighted by Crippen LogP contribution is 2.39. The highest BCUT2D eigenvalue weighted by molar-refractivity contribution is 6.02. The zero-order valence-electron chi connectivity index (χ0n) is 17.9. The number of carboxylic acids is 1. The van der Waals surface area contributed by atoms with Crippen LogP contribution in [0.25, 0.3) is 22.2 Å². The topological polar surface area (TPSA) is 92.4 Å². The minimum absolute atomic E-state index is 0.0334. The van der Waals surface area contributed by atoms with Crippen LogP contribution >= 0.6 is 0 Å². The number of hydrogen-bond acceptors (Lipinski definition) is 5. The van der Waals surface area contributed by atoms with E-state index in [-0.39, 0.29) is 22.8 Å². The van der Waals surface area contributed by atoms with Crippen molar-refractivity contribution in [2.24, 2.45) is 11.8 Å². The molecule has 0 amide bonds. The zero-order valence-corrected chi connectivity index (χ0v) is 17.9. The van der Waals surface area contributed by atoms with E-state index in [4.69, 9.17) is 4.42 Å². The molecule has 6 nitrogen and oxygen atoms in total. The molecular formula is C26H20F2N2O4. The third-order valence-electron chi connectivity index (χ3n) is 6.24. The summed E-state index contributed by atoms with van der Waals surface area (Å²) in [6.07, 6.45) is 1.39. The standard InChI is InChI=1S/C26H20F2N2O4/c27-15-9-12-20-21(13-15)34-26(29-20)30-23-16(14-5-2-1-3-6-14)10-11-19(22(23)28)24(31)17-7-4-8-18(17)25(32)33/h1-3,5-6,9-13,17-18H,4,7-8H2,(H,29,30)(H,32,33)/t17-,18-/m1/s1. The van der Waals surface area contributed by atoms with E-state index < -0.39 is 35.2 Å². The molecule has 0 bridgehead atoms. The van der Waals surface area contributed by atoms with Crippen molar-refractivity contribution >= 4 is 34.6 Å². The number of fused-ring (bicyclic) bond motifs is 1. The number of benzene rings is 3. The highest BCUT2D eigenvalue weighted by atomic mass is 19.1. The Labute approximate surface area is 193 Å². The number of rotatable bonds is 6. The number of carbonyl (C=O) groups is 2. The lowest BCUT2D eigenvalue weighted by molar-refractivity contribution is -0.142. The summed E-state index contributed by atoms with van der Waals surface area (Å²) in [5.41, 5.74) is 1.50. The van der Waals surface area contributed by atoms with Gasteiger partial charge >= 0.3 is 5.97 Å². The molecule has 1 heterocycles. The lowest BCUT2D eigenvalue weighted by Crippen LogP contribution is -2.26.